The molecule has 24 heavy (non-hydrogen) atoms. The van der Waals surface area contributed by atoms with Crippen LogP contribution in [0, 0.1) is 0 Å². The molecule has 4 rings (SSSR count). The van der Waals surface area contributed by atoms with Crippen LogP contribution in [-0.4, -0.2) is 0 Å². The van der Waals surface area contributed by atoms with Crippen molar-refractivity contribution in [3.63, 3.8) is 0 Å². The summed E-state index contributed by atoms with van der Waals surface area (Å²) in [5.74, 6) is 0.350. The Morgan fingerprint density at radius 1 is 0.833 bits per heavy atom. The Balaban J connectivity index is 1.72. The first-order chi connectivity index (χ1) is 11.5. The van der Waals surface area contributed by atoms with Crippen molar-refractivity contribution < 1.29 is 16.4 Å². The van der Waals surface area contributed by atoms with E-state index in [1.165, 1.54) is 22.3 Å². The molecular weight excluding hydrogens is 414 g/mol. The van der Waals surface area contributed by atoms with Crippen molar-refractivity contribution in [2.45, 2.75) is 24.7 Å². The molecule has 2 aliphatic rings. The van der Waals surface area contributed by atoms with Crippen molar-refractivity contribution in [1.29, 1.82) is 0 Å². The van der Waals surface area contributed by atoms with Gasteiger partial charge in [-0.25, -0.2) is 0 Å². The normalized spacial score (nSPS) is 22.9. The maximum absolute atomic E-state index is 7.45. The van der Waals surface area contributed by atoms with Crippen LogP contribution in [0.1, 0.15) is 38.7 Å². The average Bonchev–Trinajstić information content (AvgIpc) is 3.20. The molecule has 2 aliphatic carbocycles. The van der Waals surface area contributed by atoms with E-state index >= 15 is 0 Å². The monoisotopic (exact) mass is 433 g/mol. The molecule has 0 N–H and O–H groups in total. The fourth-order valence-electron chi connectivity index (χ4n) is 4.24. The summed E-state index contributed by atoms with van der Waals surface area (Å²) >= 11 is -4.01. The van der Waals surface area contributed by atoms with Gasteiger partial charge in [-0.1, -0.05) is 0 Å². The van der Waals surface area contributed by atoms with Crippen LogP contribution in [0.5, 0.6) is 0 Å². The van der Waals surface area contributed by atoms with E-state index in [2.05, 4.69) is 79.8 Å². The van der Waals surface area contributed by atoms with Crippen LogP contribution in [0.15, 0.2) is 60.7 Å². The molecule has 2 aromatic carbocycles. The molecule has 0 radical (unpaired) electrons. The predicted molar refractivity (Wildman–Crippen MR) is 103 cm³/mol. The van der Waals surface area contributed by atoms with E-state index in [0.29, 0.717) is 5.92 Å². The minimum absolute atomic E-state index is 0.220. The summed E-state index contributed by atoms with van der Waals surface area (Å²) in [5, 5.41) is 0. The van der Waals surface area contributed by atoms with E-state index < -0.39 is 16.4 Å². The van der Waals surface area contributed by atoms with E-state index in [1.807, 2.05) is 0 Å². The molecule has 123 valence electrons. The number of fused-ring (bicyclic) bond motifs is 2. The van der Waals surface area contributed by atoms with E-state index in [9.17, 15) is 0 Å². The topological polar surface area (TPSA) is 0 Å². The molecular formula is C21H21Cl2Zr. The SMILES string of the molecule is C[CH2][Zr]([Cl])([Cl])([CH2]C1C=Cc2ccccc21)[CH]1C=Cc2ccccc21. The Labute approximate surface area is 152 Å². The van der Waals surface area contributed by atoms with E-state index in [4.69, 9.17) is 17.0 Å². The molecule has 0 heterocycles. The molecule has 0 aromatic heterocycles. The summed E-state index contributed by atoms with van der Waals surface area (Å²) in [6.45, 7) is 2.19. The summed E-state index contributed by atoms with van der Waals surface area (Å²) in [4.78, 5) is 0. The third kappa shape index (κ3) is 2.70. The standard InChI is InChI=1S/C10H9.C9H7.C2H5.2ClH.Zr/c1-8-6-7-9-4-2-3-5-10(8)9;1-2-5-9-7-3-6-8(9)4-1;1-2;;;/h2-8H,1H2;1-7H;1H2,2H3;2*1H;/q;;;;;+2/p-2. The van der Waals surface area contributed by atoms with Gasteiger partial charge in [-0.15, -0.1) is 0 Å². The Morgan fingerprint density at radius 3 is 2.12 bits per heavy atom. The zero-order valence-corrected chi connectivity index (χ0v) is 17.7. The van der Waals surface area contributed by atoms with Crippen LogP contribution in [0.25, 0.3) is 12.2 Å². The second-order valence-corrected chi connectivity index (χ2v) is 30.9. The summed E-state index contributed by atoms with van der Waals surface area (Å²) < 4.78 is 2.04. The van der Waals surface area contributed by atoms with Crippen molar-refractivity contribution in [2.75, 3.05) is 0 Å². The van der Waals surface area contributed by atoms with Crippen LogP contribution in [0.2, 0.25) is 8.26 Å². The number of hydrogen-bond donors (Lipinski definition) is 0. The second-order valence-electron chi connectivity index (χ2n) is 7.10. The van der Waals surface area contributed by atoms with Gasteiger partial charge in [-0.3, -0.25) is 0 Å². The third-order valence-electron chi connectivity index (χ3n) is 5.74. The number of benzene rings is 2. The van der Waals surface area contributed by atoms with Crippen molar-refractivity contribution in [3.8, 4) is 0 Å². The zero-order chi connectivity index (χ0) is 16.8. The molecule has 0 fully saturated rings. The number of halogens is 2. The molecule has 3 heteroatoms. The maximum atomic E-state index is 7.45. The van der Waals surface area contributed by atoms with Gasteiger partial charge in [-0.05, 0) is 0 Å². The fraction of sp³-hybridized carbons (Fsp3) is 0.238. The summed E-state index contributed by atoms with van der Waals surface area (Å²) in [7, 11) is 14.9. The number of rotatable bonds is 4. The molecule has 0 nitrogen and oxygen atoms in total. The summed E-state index contributed by atoms with van der Waals surface area (Å²) in [6.07, 6.45) is 8.98. The van der Waals surface area contributed by atoms with Crippen molar-refractivity contribution in [2.24, 2.45) is 0 Å². The number of allylic oxidation sites excluding steroid dienone is 2. The van der Waals surface area contributed by atoms with E-state index in [-0.39, 0.29) is 3.63 Å². The molecule has 0 aliphatic heterocycles. The van der Waals surface area contributed by atoms with Crippen molar-refractivity contribution in [1.82, 2.24) is 0 Å². The summed E-state index contributed by atoms with van der Waals surface area (Å²) in [6, 6.07) is 17.1. The first-order valence-electron chi connectivity index (χ1n) is 8.63. The first-order valence-corrected chi connectivity index (χ1v) is 19.9. The van der Waals surface area contributed by atoms with E-state index in [0.717, 1.165) is 8.26 Å². The van der Waals surface area contributed by atoms with Crippen LogP contribution in [-0.2, 0) is 16.4 Å². The Bertz CT molecular complexity index is 850. The van der Waals surface area contributed by atoms with Gasteiger partial charge in [0.25, 0.3) is 0 Å². The molecule has 0 saturated heterocycles. The quantitative estimate of drug-likeness (QED) is 0.469. The zero-order valence-electron chi connectivity index (χ0n) is 13.8. The molecule has 0 bridgehead atoms. The first kappa shape index (κ1) is 16.8. The van der Waals surface area contributed by atoms with Gasteiger partial charge in [-0.2, -0.15) is 0 Å². The average molecular weight is 436 g/mol. The predicted octanol–water partition coefficient (Wildman–Crippen LogP) is 7.42. The fourth-order valence-corrected chi connectivity index (χ4v) is 17.5. The minimum atomic E-state index is -4.01. The molecule has 0 saturated carbocycles. The van der Waals surface area contributed by atoms with Gasteiger partial charge in [0.2, 0.25) is 0 Å². The van der Waals surface area contributed by atoms with Gasteiger partial charge >= 0.3 is 153 Å². The van der Waals surface area contributed by atoms with Crippen molar-refractivity contribution >= 4 is 29.2 Å². The Morgan fingerprint density at radius 2 is 1.42 bits per heavy atom. The molecule has 0 spiro atoms. The Kier molecular flexibility index (Phi) is 4.19. The second kappa shape index (κ2) is 5.98. The van der Waals surface area contributed by atoms with Gasteiger partial charge in [0, 0.05) is 0 Å². The van der Waals surface area contributed by atoms with Gasteiger partial charge in [0.1, 0.15) is 0 Å². The third-order valence-corrected chi connectivity index (χ3v) is 24.7. The molecule has 2 atom stereocenters. The van der Waals surface area contributed by atoms with Crippen LogP contribution >= 0.6 is 17.0 Å². The van der Waals surface area contributed by atoms with Gasteiger partial charge in [0.05, 0.1) is 0 Å². The number of hydrogen-bond acceptors (Lipinski definition) is 0. The molecule has 2 unspecified atom stereocenters. The molecule has 0 amide bonds. The van der Waals surface area contributed by atoms with Crippen LogP contribution in [0.3, 0.4) is 0 Å². The summed E-state index contributed by atoms with van der Waals surface area (Å²) in [5.41, 5.74) is 5.29. The van der Waals surface area contributed by atoms with Crippen molar-refractivity contribution in [3.05, 3.63) is 82.9 Å². The molecule has 2 aromatic rings. The Hall–Kier alpha value is -0.617. The van der Waals surface area contributed by atoms with Crippen LogP contribution < -0.4 is 0 Å². The van der Waals surface area contributed by atoms with Gasteiger partial charge in [0.15, 0.2) is 0 Å². The van der Waals surface area contributed by atoms with E-state index in [1.54, 1.807) is 0 Å². The van der Waals surface area contributed by atoms with Crippen LogP contribution in [0.4, 0.5) is 0 Å². The van der Waals surface area contributed by atoms with Gasteiger partial charge < -0.3 is 0 Å².